The smallest absolute Gasteiger partial charge is 0.273 e. The van der Waals surface area contributed by atoms with E-state index < -0.39 is 5.54 Å². The number of hydrogen-bond donors (Lipinski definition) is 2. The van der Waals surface area contributed by atoms with Crippen molar-refractivity contribution in [3.63, 3.8) is 0 Å². The number of nitrogens with zero attached hydrogens (tertiary/aromatic N) is 2. The van der Waals surface area contributed by atoms with Gasteiger partial charge >= 0.3 is 0 Å². The van der Waals surface area contributed by atoms with E-state index in [0.717, 1.165) is 24.8 Å². The normalized spacial score (nSPS) is 21.9. The zero-order chi connectivity index (χ0) is 25.3. The van der Waals surface area contributed by atoms with Gasteiger partial charge < -0.3 is 29.6 Å². The number of nitrogens with one attached hydrogen (secondary N) is 2. The summed E-state index contributed by atoms with van der Waals surface area (Å²) in [7, 11) is 1.57. The second-order valence-corrected chi connectivity index (χ2v) is 10.1. The molecule has 3 heterocycles. The predicted octanol–water partition coefficient (Wildman–Crippen LogP) is 3.16. The van der Waals surface area contributed by atoms with Gasteiger partial charge in [0.05, 0.1) is 31.0 Å². The zero-order valence-electron chi connectivity index (χ0n) is 21.3. The third-order valence-corrected chi connectivity index (χ3v) is 6.99. The summed E-state index contributed by atoms with van der Waals surface area (Å²) in [4.78, 5) is 41.5. The maximum atomic E-state index is 14.1. The van der Waals surface area contributed by atoms with E-state index in [0.29, 0.717) is 48.1 Å². The van der Waals surface area contributed by atoms with Crippen molar-refractivity contribution < 1.29 is 23.9 Å². The number of carbonyl (C=O) groups is 3. The van der Waals surface area contributed by atoms with Gasteiger partial charge in [0.25, 0.3) is 5.91 Å². The van der Waals surface area contributed by atoms with Crippen LogP contribution in [0.3, 0.4) is 0 Å². The molecule has 2 aliphatic rings. The van der Waals surface area contributed by atoms with E-state index in [4.69, 9.17) is 9.47 Å². The number of fused-ring (bicyclic) bond motifs is 3. The molecule has 2 aliphatic heterocycles. The molecule has 9 heteroatoms. The minimum absolute atomic E-state index is 0.123. The Hall–Kier alpha value is -3.07. The van der Waals surface area contributed by atoms with Gasteiger partial charge in [-0.3, -0.25) is 14.4 Å². The van der Waals surface area contributed by atoms with Crippen LogP contribution >= 0.6 is 0 Å². The molecule has 2 N–H and O–H groups in total. The van der Waals surface area contributed by atoms with E-state index in [1.165, 1.54) is 6.92 Å². The Labute approximate surface area is 206 Å². The average Bonchev–Trinajstić information content (AvgIpc) is 3.42. The lowest BCUT2D eigenvalue weighted by Gasteiger charge is -2.45. The van der Waals surface area contributed by atoms with E-state index >= 15 is 0 Å². The van der Waals surface area contributed by atoms with E-state index in [1.807, 2.05) is 29.7 Å². The first-order valence-corrected chi connectivity index (χ1v) is 12.4. The molecule has 1 aromatic carbocycles. The highest BCUT2D eigenvalue weighted by Gasteiger charge is 2.49. The molecule has 2 unspecified atom stereocenters. The Morgan fingerprint density at radius 3 is 2.71 bits per heavy atom. The van der Waals surface area contributed by atoms with Crippen LogP contribution in [0.4, 0.5) is 5.69 Å². The lowest BCUT2D eigenvalue weighted by Crippen LogP contribution is -2.65. The Morgan fingerprint density at radius 2 is 2.09 bits per heavy atom. The number of anilines is 1. The van der Waals surface area contributed by atoms with Gasteiger partial charge in [0.15, 0.2) is 0 Å². The Kier molecular flexibility index (Phi) is 7.07. The van der Waals surface area contributed by atoms with Gasteiger partial charge in [-0.1, -0.05) is 13.8 Å². The number of rotatable bonds is 8. The van der Waals surface area contributed by atoms with Crippen molar-refractivity contribution in [2.45, 2.75) is 65.1 Å². The van der Waals surface area contributed by atoms with Crippen molar-refractivity contribution in [1.82, 2.24) is 14.8 Å². The van der Waals surface area contributed by atoms with Gasteiger partial charge in [0, 0.05) is 32.0 Å². The Balaban J connectivity index is 1.82. The first kappa shape index (κ1) is 25.0. The minimum atomic E-state index is -1.12. The van der Waals surface area contributed by atoms with Gasteiger partial charge in [-0.05, 0) is 50.3 Å². The van der Waals surface area contributed by atoms with Crippen LogP contribution in [0, 0.1) is 5.92 Å². The van der Waals surface area contributed by atoms with Gasteiger partial charge in [-0.2, -0.15) is 0 Å². The summed E-state index contributed by atoms with van der Waals surface area (Å²) in [6.45, 7) is 9.23. The van der Waals surface area contributed by atoms with Crippen LogP contribution in [0.1, 0.15) is 57.4 Å². The summed E-state index contributed by atoms with van der Waals surface area (Å²) in [6, 6.07) is 5.49. The molecule has 0 saturated carbocycles. The molecule has 190 valence electrons. The van der Waals surface area contributed by atoms with Crippen LogP contribution in [0.2, 0.25) is 0 Å². The SMILES string of the molecule is COc1ccc2c(c1)c(NC(C)=O)c1n2CC(C)(C(=O)NCCC(C)C)N(CC2CCCO2)C1=O. The average molecular weight is 485 g/mol. The molecule has 4 rings (SSSR count). The van der Waals surface area contributed by atoms with Crippen LogP contribution < -0.4 is 15.4 Å². The van der Waals surface area contributed by atoms with Crippen LogP contribution in [0.15, 0.2) is 18.2 Å². The third-order valence-electron chi connectivity index (χ3n) is 6.99. The number of benzene rings is 1. The summed E-state index contributed by atoms with van der Waals surface area (Å²) in [5.41, 5.74) is 0.452. The van der Waals surface area contributed by atoms with Crippen LogP contribution in [-0.4, -0.2) is 65.6 Å². The zero-order valence-corrected chi connectivity index (χ0v) is 21.3. The molecule has 1 saturated heterocycles. The van der Waals surface area contributed by atoms with Gasteiger partial charge in [-0.25, -0.2) is 0 Å². The number of hydrogen-bond acceptors (Lipinski definition) is 5. The molecule has 1 aromatic heterocycles. The summed E-state index contributed by atoms with van der Waals surface area (Å²) < 4.78 is 13.1. The fourth-order valence-electron chi connectivity index (χ4n) is 5.03. The molecule has 35 heavy (non-hydrogen) atoms. The first-order valence-electron chi connectivity index (χ1n) is 12.4. The van der Waals surface area contributed by atoms with E-state index in [2.05, 4.69) is 24.5 Å². The number of aromatic nitrogens is 1. The van der Waals surface area contributed by atoms with Crippen molar-refractivity contribution in [3.05, 3.63) is 23.9 Å². The minimum Gasteiger partial charge on any atom is -0.497 e. The van der Waals surface area contributed by atoms with Crippen molar-refractivity contribution in [3.8, 4) is 5.75 Å². The number of amides is 3. The third kappa shape index (κ3) is 4.74. The lowest BCUT2D eigenvalue weighted by atomic mass is 9.93. The molecule has 3 amide bonds. The Bertz CT molecular complexity index is 1130. The van der Waals surface area contributed by atoms with Crippen molar-refractivity contribution in [2.24, 2.45) is 5.92 Å². The summed E-state index contributed by atoms with van der Waals surface area (Å²) in [5.74, 6) is 0.305. The van der Waals surface area contributed by atoms with Gasteiger partial charge in [0.2, 0.25) is 11.8 Å². The van der Waals surface area contributed by atoms with Crippen LogP contribution in [0.25, 0.3) is 10.9 Å². The first-order chi connectivity index (χ1) is 16.7. The van der Waals surface area contributed by atoms with Crippen LogP contribution in [-0.2, 0) is 20.9 Å². The molecule has 2 atom stereocenters. The highest BCUT2D eigenvalue weighted by atomic mass is 16.5. The van der Waals surface area contributed by atoms with E-state index in [-0.39, 0.29) is 30.4 Å². The molecular formula is C26H36N4O5. The summed E-state index contributed by atoms with van der Waals surface area (Å²) in [5, 5.41) is 6.62. The fourth-order valence-corrected chi connectivity index (χ4v) is 5.03. The second-order valence-electron chi connectivity index (χ2n) is 10.1. The molecule has 0 radical (unpaired) electrons. The summed E-state index contributed by atoms with van der Waals surface area (Å²) >= 11 is 0. The fraction of sp³-hybridized carbons (Fsp3) is 0.577. The lowest BCUT2D eigenvalue weighted by molar-refractivity contribution is -0.133. The van der Waals surface area contributed by atoms with Gasteiger partial charge in [-0.15, -0.1) is 0 Å². The molecule has 9 nitrogen and oxygen atoms in total. The molecule has 0 spiro atoms. The second kappa shape index (κ2) is 9.89. The van der Waals surface area contributed by atoms with Gasteiger partial charge in [0.1, 0.15) is 17.0 Å². The monoisotopic (exact) mass is 484 g/mol. The van der Waals surface area contributed by atoms with Crippen molar-refractivity contribution >= 4 is 34.3 Å². The highest BCUT2D eigenvalue weighted by molar-refractivity contribution is 6.14. The summed E-state index contributed by atoms with van der Waals surface area (Å²) in [6.07, 6.45) is 2.50. The topological polar surface area (TPSA) is 102 Å². The molecule has 2 aromatic rings. The Morgan fingerprint density at radius 1 is 1.31 bits per heavy atom. The standard InChI is InChI=1S/C26H36N4O5/c1-16(2)10-11-27-25(33)26(4)15-29-21-9-8-18(34-5)13-20(21)22(28-17(3)31)23(29)24(32)30(26)14-19-7-6-12-35-19/h8-9,13,16,19H,6-7,10-12,14-15H2,1-5H3,(H,27,33)(H,28,31). The predicted molar refractivity (Wildman–Crippen MR) is 134 cm³/mol. The molecule has 0 bridgehead atoms. The van der Waals surface area contributed by atoms with Crippen molar-refractivity contribution in [2.75, 3.05) is 32.1 Å². The largest absolute Gasteiger partial charge is 0.497 e. The van der Waals surface area contributed by atoms with Crippen molar-refractivity contribution in [1.29, 1.82) is 0 Å². The maximum Gasteiger partial charge on any atom is 0.273 e. The van der Waals surface area contributed by atoms with E-state index in [9.17, 15) is 14.4 Å². The quantitative estimate of drug-likeness (QED) is 0.599. The molecule has 1 fully saturated rings. The highest BCUT2D eigenvalue weighted by Crippen LogP contribution is 2.40. The molecular weight excluding hydrogens is 448 g/mol. The maximum absolute atomic E-state index is 14.1. The molecule has 0 aliphatic carbocycles. The number of ether oxygens (including phenoxy) is 2. The van der Waals surface area contributed by atoms with E-state index in [1.54, 1.807) is 12.0 Å². The van der Waals surface area contributed by atoms with Crippen LogP contribution in [0.5, 0.6) is 5.75 Å². The number of methoxy groups -OCH3 is 1. The number of carbonyl (C=O) groups excluding carboxylic acids is 3.